The van der Waals surface area contributed by atoms with E-state index in [0.29, 0.717) is 16.9 Å². The summed E-state index contributed by atoms with van der Waals surface area (Å²) in [7, 11) is 0. The summed E-state index contributed by atoms with van der Waals surface area (Å²) in [5.74, 6) is 0.493. The zero-order chi connectivity index (χ0) is 14.1. The molecule has 5 nitrogen and oxygen atoms in total. The molecule has 0 unspecified atom stereocenters. The number of benzene rings is 2. The van der Waals surface area contributed by atoms with E-state index < -0.39 is 23.2 Å². The van der Waals surface area contributed by atoms with Crippen LogP contribution in [-0.2, 0) is 0 Å². The maximum Gasteiger partial charge on any atom is 0.283 e. The Balaban J connectivity index is 2.08. The van der Waals surface area contributed by atoms with Gasteiger partial charge in [-0.2, -0.15) is 0 Å². The largest absolute Gasteiger partial charge is 0.478 e. The van der Waals surface area contributed by atoms with Crippen LogP contribution in [0.25, 0.3) is 0 Å². The van der Waals surface area contributed by atoms with Crippen LogP contribution in [-0.4, -0.2) is 16.1 Å². The first-order valence-electron chi connectivity index (χ1n) is 6.30. The molecule has 1 N–H and O–H groups in total. The molecule has 0 aromatic heterocycles. The minimum absolute atomic E-state index is 0.460. The Labute approximate surface area is 115 Å². The van der Waals surface area contributed by atoms with E-state index in [4.69, 9.17) is 4.74 Å². The van der Waals surface area contributed by atoms with E-state index in [0.717, 1.165) is 0 Å². The van der Waals surface area contributed by atoms with Crippen LogP contribution in [0, 0.1) is 10.1 Å². The highest BCUT2D eigenvalue weighted by atomic mass is 16.6. The van der Waals surface area contributed by atoms with Crippen molar-refractivity contribution in [2.45, 2.75) is 18.2 Å². The third-order valence-electron chi connectivity index (χ3n) is 3.50. The third-order valence-corrected chi connectivity index (χ3v) is 3.50. The normalized spacial score (nSPS) is 24.6. The number of aliphatic hydroxyl groups excluding tert-OH is 1. The lowest BCUT2D eigenvalue weighted by molar-refractivity contribution is -0.549. The summed E-state index contributed by atoms with van der Waals surface area (Å²) in [4.78, 5) is 10.8. The van der Waals surface area contributed by atoms with Crippen molar-refractivity contribution in [2.24, 2.45) is 0 Å². The number of ether oxygens (including phenoxy) is 1. The number of hydrogen-bond donors (Lipinski definition) is 1. The summed E-state index contributed by atoms with van der Waals surface area (Å²) < 4.78 is 5.76. The van der Waals surface area contributed by atoms with E-state index in [1.54, 1.807) is 48.5 Å². The Morgan fingerprint density at radius 1 is 1.05 bits per heavy atom. The van der Waals surface area contributed by atoms with Gasteiger partial charge in [-0.15, -0.1) is 0 Å². The fourth-order valence-corrected chi connectivity index (χ4v) is 2.52. The molecule has 0 radical (unpaired) electrons. The van der Waals surface area contributed by atoms with Gasteiger partial charge in [-0.25, -0.2) is 0 Å². The molecule has 102 valence electrons. The molecule has 2 aromatic rings. The summed E-state index contributed by atoms with van der Waals surface area (Å²) in [6.07, 6.45) is -1.98. The third kappa shape index (κ3) is 2.02. The predicted octanol–water partition coefficient (Wildman–Crippen LogP) is 2.50. The molecule has 5 heteroatoms. The number of nitro groups is 1. The quantitative estimate of drug-likeness (QED) is 0.672. The van der Waals surface area contributed by atoms with Crippen LogP contribution >= 0.6 is 0 Å². The van der Waals surface area contributed by atoms with E-state index in [1.165, 1.54) is 0 Å². The van der Waals surface area contributed by atoms with Crippen molar-refractivity contribution in [1.82, 2.24) is 0 Å². The maximum absolute atomic E-state index is 11.3. The fourth-order valence-electron chi connectivity index (χ4n) is 2.52. The highest BCUT2D eigenvalue weighted by Gasteiger charge is 2.46. The number of aliphatic hydroxyl groups is 1. The molecule has 0 saturated heterocycles. The van der Waals surface area contributed by atoms with Crippen molar-refractivity contribution in [3.05, 3.63) is 75.8 Å². The Morgan fingerprint density at radius 3 is 2.40 bits per heavy atom. The summed E-state index contributed by atoms with van der Waals surface area (Å²) in [6.45, 7) is 0. The standard InChI is InChI=1S/C15H13NO4/c17-14-11-8-4-5-9-12(11)20-15(13(14)16(18)19)10-6-2-1-3-7-10/h1-9,13-15,17H/t13-,14+,15-/m1/s1. The molecule has 3 atom stereocenters. The number of para-hydroxylation sites is 1. The van der Waals surface area contributed by atoms with Crippen molar-refractivity contribution >= 4 is 0 Å². The van der Waals surface area contributed by atoms with Gasteiger partial charge in [-0.1, -0.05) is 48.5 Å². The Bertz CT molecular complexity index is 629. The van der Waals surface area contributed by atoms with E-state index in [2.05, 4.69) is 0 Å². The molecular formula is C15H13NO4. The van der Waals surface area contributed by atoms with Crippen LogP contribution in [0.15, 0.2) is 54.6 Å². The van der Waals surface area contributed by atoms with Gasteiger partial charge in [0.25, 0.3) is 6.04 Å². The van der Waals surface area contributed by atoms with Gasteiger partial charge in [-0.3, -0.25) is 10.1 Å². The molecule has 0 fully saturated rings. The van der Waals surface area contributed by atoms with Crippen molar-refractivity contribution in [3.63, 3.8) is 0 Å². The molecule has 0 saturated carbocycles. The van der Waals surface area contributed by atoms with Crippen molar-refractivity contribution in [1.29, 1.82) is 0 Å². The highest BCUT2D eigenvalue weighted by molar-refractivity contribution is 5.39. The molecular weight excluding hydrogens is 258 g/mol. The first-order valence-corrected chi connectivity index (χ1v) is 6.30. The molecule has 3 rings (SSSR count). The first-order chi connectivity index (χ1) is 9.68. The van der Waals surface area contributed by atoms with Gasteiger partial charge < -0.3 is 9.84 Å². The SMILES string of the molecule is O=[N+]([O-])[C@H]1[C@@H](c2ccccc2)Oc2ccccc2[C@@H]1O. The molecule has 1 aliphatic heterocycles. The van der Waals surface area contributed by atoms with Crippen molar-refractivity contribution in [3.8, 4) is 5.75 Å². The highest BCUT2D eigenvalue weighted by Crippen LogP contribution is 2.41. The van der Waals surface area contributed by atoms with Crippen LogP contribution in [0.5, 0.6) is 5.75 Å². The Kier molecular flexibility index (Phi) is 3.12. The summed E-state index contributed by atoms with van der Waals surface area (Å²) in [6, 6.07) is 14.6. The number of nitrogens with zero attached hydrogens (tertiary/aromatic N) is 1. The topological polar surface area (TPSA) is 72.6 Å². The minimum atomic E-state index is -1.22. The lowest BCUT2D eigenvalue weighted by Gasteiger charge is -2.32. The van der Waals surface area contributed by atoms with Gasteiger partial charge >= 0.3 is 0 Å². The van der Waals surface area contributed by atoms with Gasteiger partial charge in [0.1, 0.15) is 5.75 Å². The molecule has 0 spiro atoms. The zero-order valence-electron chi connectivity index (χ0n) is 10.5. The van der Waals surface area contributed by atoms with E-state index in [9.17, 15) is 15.2 Å². The minimum Gasteiger partial charge on any atom is -0.478 e. The van der Waals surface area contributed by atoms with E-state index in [-0.39, 0.29) is 0 Å². The Hall–Kier alpha value is -2.40. The second kappa shape index (κ2) is 4.94. The lowest BCUT2D eigenvalue weighted by Crippen LogP contribution is -2.40. The molecule has 1 heterocycles. The number of rotatable bonds is 2. The second-order valence-corrected chi connectivity index (χ2v) is 4.71. The average Bonchev–Trinajstić information content (AvgIpc) is 2.47. The van der Waals surface area contributed by atoms with Crippen molar-refractivity contribution < 1.29 is 14.8 Å². The van der Waals surface area contributed by atoms with Crippen LogP contribution < -0.4 is 4.74 Å². The predicted molar refractivity (Wildman–Crippen MR) is 72.0 cm³/mol. The average molecular weight is 271 g/mol. The molecule has 0 bridgehead atoms. The van der Waals surface area contributed by atoms with Gasteiger partial charge in [0.2, 0.25) is 0 Å². The summed E-state index contributed by atoms with van der Waals surface area (Å²) in [5.41, 5.74) is 1.14. The second-order valence-electron chi connectivity index (χ2n) is 4.71. The van der Waals surface area contributed by atoms with Crippen LogP contribution in [0.1, 0.15) is 23.3 Å². The van der Waals surface area contributed by atoms with E-state index in [1.807, 2.05) is 6.07 Å². The Morgan fingerprint density at radius 2 is 1.70 bits per heavy atom. The molecule has 0 aliphatic carbocycles. The smallest absolute Gasteiger partial charge is 0.283 e. The van der Waals surface area contributed by atoms with Crippen LogP contribution in [0.3, 0.4) is 0 Å². The van der Waals surface area contributed by atoms with Crippen LogP contribution in [0.2, 0.25) is 0 Å². The lowest BCUT2D eigenvalue weighted by atomic mass is 9.90. The van der Waals surface area contributed by atoms with Gasteiger partial charge in [-0.05, 0) is 11.6 Å². The van der Waals surface area contributed by atoms with Crippen molar-refractivity contribution in [2.75, 3.05) is 0 Å². The zero-order valence-corrected chi connectivity index (χ0v) is 10.5. The number of fused-ring (bicyclic) bond motifs is 1. The summed E-state index contributed by atoms with van der Waals surface area (Å²) >= 11 is 0. The number of hydrogen-bond acceptors (Lipinski definition) is 4. The van der Waals surface area contributed by atoms with E-state index >= 15 is 0 Å². The fraction of sp³-hybridized carbons (Fsp3) is 0.200. The van der Waals surface area contributed by atoms with Crippen LogP contribution in [0.4, 0.5) is 0 Å². The molecule has 20 heavy (non-hydrogen) atoms. The molecule has 2 aromatic carbocycles. The first kappa shape index (κ1) is 12.6. The van der Waals surface area contributed by atoms with Gasteiger partial charge in [0.05, 0.1) is 0 Å². The van der Waals surface area contributed by atoms with Gasteiger partial charge in [0, 0.05) is 10.5 Å². The molecule has 0 amide bonds. The molecule has 1 aliphatic rings. The summed E-state index contributed by atoms with van der Waals surface area (Å²) in [5, 5.41) is 21.6. The monoisotopic (exact) mass is 271 g/mol. The van der Waals surface area contributed by atoms with Gasteiger partial charge in [0.15, 0.2) is 12.2 Å². The maximum atomic E-state index is 11.3.